The summed E-state index contributed by atoms with van der Waals surface area (Å²) in [5.74, 6) is 2.13. The van der Waals surface area contributed by atoms with Crippen LogP contribution in [0.2, 0.25) is 0 Å². The second kappa shape index (κ2) is 7.67. The number of hydrogen-bond donors (Lipinski definition) is 1. The van der Waals surface area contributed by atoms with Crippen LogP contribution in [0.15, 0.2) is 34.9 Å². The van der Waals surface area contributed by atoms with Gasteiger partial charge in [0.05, 0.1) is 12.1 Å². The minimum atomic E-state index is -0.293. The van der Waals surface area contributed by atoms with Crippen molar-refractivity contribution in [1.82, 2.24) is 15.0 Å². The first kappa shape index (κ1) is 16.7. The second-order valence-corrected chi connectivity index (χ2v) is 7.57. The predicted octanol–water partition coefficient (Wildman–Crippen LogP) is 3.35. The maximum absolute atomic E-state index is 10.2. The average molecular weight is 341 g/mol. The van der Waals surface area contributed by atoms with E-state index in [9.17, 15) is 5.11 Å². The van der Waals surface area contributed by atoms with Crippen molar-refractivity contribution >= 4 is 0 Å². The lowest BCUT2D eigenvalue weighted by Crippen LogP contribution is -2.31. The monoisotopic (exact) mass is 341 g/mol. The van der Waals surface area contributed by atoms with Gasteiger partial charge in [-0.15, -0.1) is 0 Å². The molecular weight excluding hydrogens is 314 g/mol. The highest BCUT2D eigenvalue weighted by Gasteiger charge is 2.37. The molecular formula is C20H27N3O2. The van der Waals surface area contributed by atoms with E-state index >= 15 is 0 Å². The van der Waals surface area contributed by atoms with Crippen molar-refractivity contribution in [2.45, 2.75) is 57.1 Å². The number of aliphatic hydroxyl groups is 1. The van der Waals surface area contributed by atoms with Crippen LogP contribution in [-0.2, 0) is 6.42 Å². The van der Waals surface area contributed by atoms with Crippen LogP contribution in [0.5, 0.6) is 0 Å². The first-order chi connectivity index (χ1) is 12.3. The van der Waals surface area contributed by atoms with E-state index in [2.05, 4.69) is 27.2 Å². The van der Waals surface area contributed by atoms with Crippen molar-refractivity contribution in [3.8, 4) is 0 Å². The highest BCUT2D eigenvalue weighted by atomic mass is 16.5. The number of hydrogen-bond acceptors (Lipinski definition) is 5. The number of likely N-dealkylation sites (tertiary alicyclic amines) is 1. The number of aliphatic hydroxyl groups excluding tert-OH is 1. The van der Waals surface area contributed by atoms with Crippen molar-refractivity contribution in [3.05, 3.63) is 47.6 Å². The van der Waals surface area contributed by atoms with E-state index in [1.54, 1.807) is 0 Å². The summed E-state index contributed by atoms with van der Waals surface area (Å²) in [6.07, 6.45) is 7.75. The first-order valence-electron chi connectivity index (χ1n) is 9.56. The molecule has 2 heterocycles. The van der Waals surface area contributed by atoms with E-state index in [0.717, 1.165) is 24.8 Å². The summed E-state index contributed by atoms with van der Waals surface area (Å²) < 4.78 is 5.57. The van der Waals surface area contributed by atoms with Crippen LogP contribution < -0.4 is 0 Å². The smallest absolute Gasteiger partial charge is 0.244 e. The van der Waals surface area contributed by atoms with Crippen LogP contribution in [0.3, 0.4) is 0 Å². The molecule has 1 saturated heterocycles. The number of aromatic nitrogens is 2. The molecule has 2 atom stereocenters. The Morgan fingerprint density at radius 3 is 2.72 bits per heavy atom. The molecule has 25 heavy (non-hydrogen) atoms. The molecule has 1 aromatic carbocycles. The zero-order valence-corrected chi connectivity index (χ0v) is 14.7. The van der Waals surface area contributed by atoms with Gasteiger partial charge >= 0.3 is 0 Å². The molecule has 5 nitrogen and oxygen atoms in total. The largest absolute Gasteiger partial charge is 0.392 e. The van der Waals surface area contributed by atoms with Crippen LogP contribution in [-0.4, -0.2) is 39.3 Å². The standard InChI is InChI=1S/C20H27N3O2/c24-17-12-18(23(14-17)13-16-9-5-2-6-10-16)20-21-19(22-25-20)11-15-7-3-1-4-8-15/h1,3-4,7-8,16-18,24H,2,5-6,9-14H2/t17-,18-/m1/s1. The van der Waals surface area contributed by atoms with E-state index < -0.39 is 0 Å². The maximum Gasteiger partial charge on any atom is 0.244 e. The molecule has 2 aromatic rings. The van der Waals surface area contributed by atoms with Gasteiger partial charge in [0.2, 0.25) is 5.89 Å². The van der Waals surface area contributed by atoms with Gasteiger partial charge in [-0.1, -0.05) is 54.8 Å². The van der Waals surface area contributed by atoms with Gasteiger partial charge in [0.1, 0.15) is 0 Å². The predicted molar refractivity (Wildman–Crippen MR) is 95.1 cm³/mol. The Morgan fingerprint density at radius 1 is 1.12 bits per heavy atom. The van der Waals surface area contributed by atoms with Gasteiger partial charge in [-0.25, -0.2) is 0 Å². The molecule has 1 saturated carbocycles. The van der Waals surface area contributed by atoms with Gasteiger partial charge in [0, 0.05) is 19.5 Å². The Bertz CT molecular complexity index is 667. The number of β-amino-alcohol motifs (C(OH)–C–C–N with tert-alkyl or cyclic N) is 1. The van der Waals surface area contributed by atoms with E-state index in [1.165, 1.54) is 37.7 Å². The highest BCUT2D eigenvalue weighted by Crippen LogP contribution is 2.34. The van der Waals surface area contributed by atoms with Crippen LogP contribution in [0.4, 0.5) is 0 Å². The lowest BCUT2D eigenvalue weighted by molar-refractivity contribution is 0.147. The molecule has 1 aliphatic carbocycles. The van der Waals surface area contributed by atoms with Crippen molar-refractivity contribution in [1.29, 1.82) is 0 Å². The van der Waals surface area contributed by atoms with Crippen LogP contribution in [0.25, 0.3) is 0 Å². The van der Waals surface area contributed by atoms with Crippen molar-refractivity contribution in [3.63, 3.8) is 0 Å². The third kappa shape index (κ3) is 4.10. The minimum absolute atomic E-state index is 0.0638. The Hall–Kier alpha value is -1.72. The summed E-state index contributed by atoms with van der Waals surface area (Å²) in [4.78, 5) is 7.00. The third-order valence-corrected chi connectivity index (χ3v) is 5.57. The normalized spacial score (nSPS) is 25.5. The molecule has 1 aromatic heterocycles. The quantitative estimate of drug-likeness (QED) is 0.903. The van der Waals surface area contributed by atoms with Gasteiger partial charge < -0.3 is 9.63 Å². The molecule has 134 valence electrons. The summed E-state index contributed by atoms with van der Waals surface area (Å²) in [6, 6.07) is 10.3. The number of benzene rings is 1. The van der Waals surface area contributed by atoms with Crippen LogP contribution >= 0.6 is 0 Å². The number of rotatable bonds is 5. The Balaban J connectivity index is 1.44. The SMILES string of the molecule is O[C@@H]1C[C@H](c2nc(Cc3ccccc3)no2)N(CC2CCCCC2)C1. The minimum Gasteiger partial charge on any atom is -0.392 e. The van der Waals surface area contributed by atoms with Crippen molar-refractivity contribution in [2.24, 2.45) is 5.92 Å². The lowest BCUT2D eigenvalue weighted by atomic mass is 9.89. The van der Waals surface area contributed by atoms with Crippen molar-refractivity contribution < 1.29 is 9.63 Å². The molecule has 0 amide bonds. The Kier molecular flexibility index (Phi) is 5.13. The second-order valence-electron chi connectivity index (χ2n) is 7.57. The molecule has 4 rings (SSSR count). The summed E-state index contributed by atoms with van der Waals surface area (Å²) in [7, 11) is 0. The van der Waals surface area contributed by atoms with Crippen LogP contribution in [0, 0.1) is 5.92 Å². The maximum atomic E-state index is 10.2. The molecule has 0 spiro atoms. The Labute approximate surface area is 149 Å². The molecule has 1 aliphatic heterocycles. The fourth-order valence-corrected chi connectivity index (χ4v) is 4.29. The zero-order valence-electron chi connectivity index (χ0n) is 14.7. The molecule has 2 fully saturated rings. The summed E-state index contributed by atoms with van der Waals surface area (Å²) in [5.41, 5.74) is 1.18. The van der Waals surface area contributed by atoms with Gasteiger partial charge in [-0.2, -0.15) is 4.98 Å². The molecule has 0 bridgehead atoms. The van der Waals surface area contributed by atoms with Crippen molar-refractivity contribution in [2.75, 3.05) is 13.1 Å². The molecule has 1 N–H and O–H groups in total. The van der Waals surface area contributed by atoms with Gasteiger partial charge in [-0.05, 0) is 30.7 Å². The van der Waals surface area contributed by atoms with Gasteiger partial charge in [0.15, 0.2) is 5.82 Å². The molecule has 5 heteroatoms. The van der Waals surface area contributed by atoms with E-state index in [1.807, 2.05) is 18.2 Å². The first-order valence-corrected chi connectivity index (χ1v) is 9.56. The fraction of sp³-hybridized carbons (Fsp3) is 0.600. The van der Waals surface area contributed by atoms with Gasteiger partial charge in [0.25, 0.3) is 0 Å². The third-order valence-electron chi connectivity index (χ3n) is 5.57. The van der Waals surface area contributed by atoms with E-state index in [-0.39, 0.29) is 12.1 Å². The van der Waals surface area contributed by atoms with E-state index in [0.29, 0.717) is 18.7 Å². The highest BCUT2D eigenvalue weighted by molar-refractivity contribution is 5.18. The molecule has 0 radical (unpaired) electrons. The summed E-state index contributed by atoms with van der Waals surface area (Å²) >= 11 is 0. The van der Waals surface area contributed by atoms with Crippen LogP contribution in [0.1, 0.15) is 61.8 Å². The average Bonchev–Trinajstić information content (AvgIpc) is 3.23. The zero-order chi connectivity index (χ0) is 17.1. The topological polar surface area (TPSA) is 62.4 Å². The molecule has 2 aliphatic rings. The number of nitrogens with zero attached hydrogens (tertiary/aromatic N) is 3. The fourth-order valence-electron chi connectivity index (χ4n) is 4.29. The summed E-state index contributed by atoms with van der Waals surface area (Å²) in [5, 5.41) is 14.3. The summed E-state index contributed by atoms with van der Waals surface area (Å²) in [6.45, 7) is 1.76. The van der Waals surface area contributed by atoms with E-state index in [4.69, 9.17) is 4.52 Å². The van der Waals surface area contributed by atoms with Gasteiger partial charge in [-0.3, -0.25) is 4.90 Å². The lowest BCUT2D eigenvalue weighted by Gasteiger charge is -2.29. The molecule has 0 unspecified atom stereocenters. The Morgan fingerprint density at radius 2 is 1.92 bits per heavy atom.